The first kappa shape index (κ1) is 14.1. The van der Waals surface area contributed by atoms with E-state index in [9.17, 15) is 4.79 Å². The fourth-order valence-corrected chi connectivity index (χ4v) is 2.88. The molecule has 2 heterocycles. The number of nitrogens with zero attached hydrogens (tertiary/aromatic N) is 2. The van der Waals surface area contributed by atoms with Gasteiger partial charge in [-0.2, -0.15) is 5.10 Å². The number of nitrogens with two attached hydrogens (primary N) is 1. The van der Waals surface area contributed by atoms with Gasteiger partial charge in [0.05, 0.1) is 5.54 Å². The topological polar surface area (TPSA) is 75.0 Å². The van der Waals surface area contributed by atoms with Gasteiger partial charge in [0.2, 0.25) is 5.91 Å². The molecule has 0 aliphatic carbocycles. The zero-order chi connectivity index (χ0) is 13.9. The molecule has 1 aromatic rings. The Morgan fingerprint density at radius 2 is 2.26 bits per heavy atom. The van der Waals surface area contributed by atoms with E-state index in [1.807, 2.05) is 17.9 Å². The Morgan fingerprint density at radius 1 is 1.58 bits per heavy atom. The lowest BCUT2D eigenvalue weighted by Crippen LogP contribution is -2.54. The van der Waals surface area contributed by atoms with Crippen molar-refractivity contribution in [1.29, 1.82) is 0 Å². The van der Waals surface area contributed by atoms with E-state index in [2.05, 4.69) is 17.1 Å². The van der Waals surface area contributed by atoms with Crippen molar-refractivity contribution in [1.82, 2.24) is 15.1 Å². The number of nitrogens with one attached hydrogen (secondary N) is 1. The highest BCUT2D eigenvalue weighted by atomic mass is 16.2. The van der Waals surface area contributed by atoms with Gasteiger partial charge in [-0.1, -0.05) is 13.3 Å². The molecule has 5 nitrogen and oxygen atoms in total. The Hall–Kier alpha value is -1.36. The molecule has 1 amide bonds. The van der Waals surface area contributed by atoms with Gasteiger partial charge in [-0.3, -0.25) is 9.89 Å². The summed E-state index contributed by atoms with van der Waals surface area (Å²) in [7, 11) is 0. The minimum Gasteiger partial charge on any atom is -0.341 e. The molecule has 106 valence electrons. The molecule has 2 rings (SSSR count). The number of rotatable bonds is 4. The molecular formula is C14H24N4O. The van der Waals surface area contributed by atoms with Crippen molar-refractivity contribution in [2.24, 2.45) is 5.73 Å². The highest BCUT2D eigenvalue weighted by molar-refractivity contribution is 5.85. The summed E-state index contributed by atoms with van der Waals surface area (Å²) in [5, 5.41) is 7.01. The number of aromatic amines is 1. The van der Waals surface area contributed by atoms with E-state index in [0.717, 1.165) is 38.8 Å². The number of hydrogen-bond acceptors (Lipinski definition) is 3. The number of aromatic nitrogens is 2. The summed E-state index contributed by atoms with van der Waals surface area (Å²) in [6.07, 6.45) is 5.42. The predicted octanol–water partition coefficient (Wildman–Crippen LogP) is 1.63. The summed E-state index contributed by atoms with van der Waals surface area (Å²) in [6, 6.07) is 2.02. The van der Waals surface area contributed by atoms with Crippen LogP contribution in [0.25, 0.3) is 0 Å². The molecule has 1 aliphatic heterocycles. The number of carbonyl (C=O) groups is 1. The van der Waals surface area contributed by atoms with Gasteiger partial charge in [-0.25, -0.2) is 0 Å². The van der Waals surface area contributed by atoms with Gasteiger partial charge in [-0.15, -0.1) is 0 Å². The van der Waals surface area contributed by atoms with E-state index >= 15 is 0 Å². The lowest BCUT2D eigenvalue weighted by atomic mass is 9.90. The van der Waals surface area contributed by atoms with Gasteiger partial charge in [0, 0.05) is 30.9 Å². The summed E-state index contributed by atoms with van der Waals surface area (Å²) in [6.45, 7) is 5.49. The fourth-order valence-electron chi connectivity index (χ4n) is 2.88. The van der Waals surface area contributed by atoms with Crippen molar-refractivity contribution < 1.29 is 4.79 Å². The van der Waals surface area contributed by atoms with Gasteiger partial charge in [0.15, 0.2) is 0 Å². The van der Waals surface area contributed by atoms with Gasteiger partial charge in [0.1, 0.15) is 0 Å². The maximum Gasteiger partial charge on any atom is 0.242 e. The Kier molecular flexibility index (Phi) is 4.24. The van der Waals surface area contributed by atoms with E-state index in [-0.39, 0.29) is 5.91 Å². The third kappa shape index (κ3) is 3.15. The second-order valence-electron chi connectivity index (χ2n) is 5.75. The van der Waals surface area contributed by atoms with Gasteiger partial charge < -0.3 is 10.6 Å². The quantitative estimate of drug-likeness (QED) is 0.868. The number of H-pyrrole nitrogens is 1. The Labute approximate surface area is 114 Å². The van der Waals surface area contributed by atoms with E-state index in [4.69, 9.17) is 5.73 Å². The van der Waals surface area contributed by atoms with Crippen LogP contribution in [0.3, 0.4) is 0 Å². The first-order chi connectivity index (χ1) is 9.04. The smallest absolute Gasteiger partial charge is 0.242 e. The second-order valence-corrected chi connectivity index (χ2v) is 5.75. The first-order valence-corrected chi connectivity index (χ1v) is 7.12. The summed E-state index contributed by atoms with van der Waals surface area (Å²) < 4.78 is 0. The van der Waals surface area contributed by atoms with Crippen molar-refractivity contribution in [3.05, 3.63) is 18.0 Å². The van der Waals surface area contributed by atoms with Crippen molar-refractivity contribution in [2.45, 2.75) is 51.0 Å². The van der Waals surface area contributed by atoms with E-state index in [0.29, 0.717) is 5.92 Å². The third-order valence-corrected chi connectivity index (χ3v) is 4.00. The zero-order valence-corrected chi connectivity index (χ0v) is 11.9. The SMILES string of the molecule is CCCC(C)(N)C(=O)N1CCC(c2ccn[nH]2)CC1. The maximum atomic E-state index is 12.4. The highest BCUT2D eigenvalue weighted by Crippen LogP contribution is 2.27. The number of hydrogen-bond donors (Lipinski definition) is 2. The maximum absolute atomic E-state index is 12.4. The number of carbonyl (C=O) groups excluding carboxylic acids is 1. The summed E-state index contributed by atoms with van der Waals surface area (Å²) in [4.78, 5) is 14.3. The molecule has 0 spiro atoms. The molecule has 0 bridgehead atoms. The highest BCUT2D eigenvalue weighted by Gasteiger charge is 2.34. The molecule has 1 atom stereocenters. The van der Waals surface area contributed by atoms with Crippen LogP contribution in [0.15, 0.2) is 12.3 Å². The molecule has 0 aromatic carbocycles. The zero-order valence-electron chi connectivity index (χ0n) is 11.9. The van der Waals surface area contributed by atoms with Crippen LogP contribution in [0.5, 0.6) is 0 Å². The van der Waals surface area contributed by atoms with Crippen LogP contribution in [0.4, 0.5) is 0 Å². The van der Waals surface area contributed by atoms with Crippen molar-refractivity contribution in [3.63, 3.8) is 0 Å². The Balaban J connectivity index is 1.91. The molecule has 1 unspecified atom stereocenters. The van der Waals surface area contributed by atoms with Crippen LogP contribution >= 0.6 is 0 Å². The molecular weight excluding hydrogens is 240 g/mol. The number of amides is 1. The predicted molar refractivity (Wildman–Crippen MR) is 74.6 cm³/mol. The van der Waals surface area contributed by atoms with E-state index < -0.39 is 5.54 Å². The molecule has 3 N–H and O–H groups in total. The monoisotopic (exact) mass is 264 g/mol. The van der Waals surface area contributed by atoms with E-state index in [1.54, 1.807) is 6.20 Å². The van der Waals surface area contributed by atoms with Crippen molar-refractivity contribution in [3.8, 4) is 0 Å². The second kappa shape index (κ2) is 5.74. The van der Waals surface area contributed by atoms with Crippen LogP contribution in [-0.4, -0.2) is 39.6 Å². The largest absolute Gasteiger partial charge is 0.341 e. The molecule has 5 heteroatoms. The summed E-state index contributed by atoms with van der Waals surface area (Å²) in [5.41, 5.74) is 6.59. The van der Waals surface area contributed by atoms with Crippen LogP contribution in [0, 0.1) is 0 Å². The standard InChI is InChI=1S/C14H24N4O/c1-3-7-14(2,15)13(19)18-9-5-11(6-10-18)12-4-8-16-17-12/h4,8,11H,3,5-7,9-10,15H2,1-2H3,(H,16,17). The first-order valence-electron chi connectivity index (χ1n) is 7.12. The molecule has 1 saturated heterocycles. The number of piperidine rings is 1. The molecule has 1 fully saturated rings. The summed E-state index contributed by atoms with van der Waals surface area (Å²) in [5.74, 6) is 0.583. The van der Waals surface area contributed by atoms with E-state index in [1.165, 1.54) is 5.69 Å². The number of likely N-dealkylation sites (tertiary alicyclic amines) is 1. The molecule has 0 saturated carbocycles. The Bertz CT molecular complexity index is 405. The van der Waals surface area contributed by atoms with Crippen LogP contribution < -0.4 is 5.73 Å². The van der Waals surface area contributed by atoms with Gasteiger partial charge in [0.25, 0.3) is 0 Å². The van der Waals surface area contributed by atoms with Crippen LogP contribution in [-0.2, 0) is 4.79 Å². The molecule has 1 aliphatic rings. The fraction of sp³-hybridized carbons (Fsp3) is 0.714. The summed E-state index contributed by atoms with van der Waals surface area (Å²) >= 11 is 0. The lowest BCUT2D eigenvalue weighted by Gasteiger charge is -2.36. The minimum absolute atomic E-state index is 0.0948. The molecule has 1 aromatic heterocycles. The van der Waals surface area contributed by atoms with Gasteiger partial charge in [-0.05, 0) is 32.3 Å². The van der Waals surface area contributed by atoms with Gasteiger partial charge >= 0.3 is 0 Å². The minimum atomic E-state index is -0.713. The molecule has 19 heavy (non-hydrogen) atoms. The third-order valence-electron chi connectivity index (χ3n) is 4.00. The normalized spacial score (nSPS) is 20.3. The van der Waals surface area contributed by atoms with Crippen LogP contribution in [0.1, 0.15) is 51.1 Å². The van der Waals surface area contributed by atoms with Crippen molar-refractivity contribution >= 4 is 5.91 Å². The molecule has 0 radical (unpaired) electrons. The van der Waals surface area contributed by atoms with Crippen LogP contribution in [0.2, 0.25) is 0 Å². The lowest BCUT2D eigenvalue weighted by molar-refractivity contribution is -0.137. The average molecular weight is 264 g/mol. The van der Waals surface area contributed by atoms with Crippen molar-refractivity contribution in [2.75, 3.05) is 13.1 Å². The Morgan fingerprint density at radius 3 is 2.79 bits per heavy atom. The average Bonchev–Trinajstić information content (AvgIpc) is 2.92.